The Morgan fingerprint density at radius 2 is 2.00 bits per heavy atom. The molecule has 2 fully saturated rings. The summed E-state index contributed by atoms with van der Waals surface area (Å²) in [7, 11) is 4.40. The Morgan fingerprint density at radius 3 is 2.56 bits per heavy atom. The smallest absolute Gasteiger partial charge is 0.0593 e. The molecular weight excluding hydrogens is 226 g/mol. The minimum atomic E-state index is 0.204. The zero-order chi connectivity index (χ0) is 13.0. The molecule has 1 saturated carbocycles. The third-order valence-electron chi connectivity index (χ3n) is 4.73. The van der Waals surface area contributed by atoms with E-state index in [1.807, 2.05) is 0 Å². The fourth-order valence-corrected chi connectivity index (χ4v) is 2.75. The molecule has 0 radical (unpaired) electrons. The van der Waals surface area contributed by atoms with Crippen LogP contribution in [0.4, 0.5) is 0 Å². The van der Waals surface area contributed by atoms with E-state index in [2.05, 4.69) is 23.9 Å². The van der Waals surface area contributed by atoms with E-state index in [4.69, 9.17) is 10.5 Å². The Balaban J connectivity index is 1.71. The molecule has 4 heteroatoms. The van der Waals surface area contributed by atoms with Crippen molar-refractivity contribution >= 4 is 0 Å². The maximum atomic E-state index is 6.05. The lowest BCUT2D eigenvalue weighted by Gasteiger charge is -2.46. The minimum Gasteiger partial charge on any atom is -0.380 e. The van der Waals surface area contributed by atoms with E-state index in [9.17, 15) is 0 Å². The predicted molar refractivity (Wildman–Crippen MR) is 74.7 cm³/mol. The maximum Gasteiger partial charge on any atom is 0.0593 e. The summed E-state index contributed by atoms with van der Waals surface area (Å²) in [5.41, 5.74) is 6.25. The van der Waals surface area contributed by atoms with Gasteiger partial charge in [-0.2, -0.15) is 0 Å². The van der Waals surface area contributed by atoms with Crippen LogP contribution >= 0.6 is 0 Å². The summed E-state index contributed by atoms with van der Waals surface area (Å²) in [4.78, 5) is 4.83. The molecule has 0 spiro atoms. The molecule has 0 atom stereocenters. The molecular formula is C14H29N3O. The SMILES string of the molecule is CN1CCC(CN)(N(C)CCOCC2CC2)CC1. The second kappa shape index (κ2) is 6.33. The first-order chi connectivity index (χ1) is 8.66. The summed E-state index contributed by atoms with van der Waals surface area (Å²) in [6.07, 6.45) is 5.10. The lowest BCUT2D eigenvalue weighted by molar-refractivity contribution is 0.0245. The molecule has 0 aromatic rings. The first-order valence-electron chi connectivity index (χ1n) is 7.34. The Kier molecular flexibility index (Phi) is 5.01. The van der Waals surface area contributed by atoms with Gasteiger partial charge < -0.3 is 15.4 Å². The number of hydrogen-bond acceptors (Lipinski definition) is 4. The van der Waals surface area contributed by atoms with E-state index in [0.29, 0.717) is 0 Å². The van der Waals surface area contributed by atoms with Gasteiger partial charge in [0, 0.05) is 25.2 Å². The largest absolute Gasteiger partial charge is 0.380 e. The highest BCUT2D eigenvalue weighted by molar-refractivity contribution is 4.94. The molecule has 0 bridgehead atoms. The maximum absolute atomic E-state index is 6.05. The lowest BCUT2D eigenvalue weighted by Crippen LogP contribution is -2.58. The van der Waals surface area contributed by atoms with Gasteiger partial charge in [0.1, 0.15) is 0 Å². The van der Waals surface area contributed by atoms with Crippen LogP contribution in [0.3, 0.4) is 0 Å². The van der Waals surface area contributed by atoms with Crippen LogP contribution in [0.15, 0.2) is 0 Å². The van der Waals surface area contributed by atoms with Gasteiger partial charge in [-0.05, 0) is 58.8 Å². The Bertz CT molecular complexity index is 247. The summed E-state index contributed by atoms with van der Waals surface area (Å²) in [5.74, 6) is 0.863. The van der Waals surface area contributed by atoms with Crippen molar-refractivity contribution in [3.05, 3.63) is 0 Å². The standard InChI is InChI=1S/C14H29N3O/c1-16-7-5-14(12-15,6-8-16)17(2)9-10-18-11-13-3-4-13/h13H,3-12,15H2,1-2H3. The van der Waals surface area contributed by atoms with Gasteiger partial charge in [0.2, 0.25) is 0 Å². The molecule has 0 amide bonds. The van der Waals surface area contributed by atoms with Crippen molar-refractivity contribution in [3.63, 3.8) is 0 Å². The van der Waals surface area contributed by atoms with Crippen molar-refractivity contribution in [1.82, 2.24) is 9.80 Å². The number of likely N-dealkylation sites (tertiary alicyclic amines) is 1. The van der Waals surface area contributed by atoms with Crippen molar-refractivity contribution in [2.75, 3.05) is 53.5 Å². The number of rotatable bonds is 7. The number of hydrogen-bond donors (Lipinski definition) is 1. The highest BCUT2D eigenvalue weighted by Crippen LogP contribution is 2.29. The average molecular weight is 255 g/mol. The van der Waals surface area contributed by atoms with E-state index in [-0.39, 0.29) is 5.54 Å². The normalized spacial score (nSPS) is 24.7. The van der Waals surface area contributed by atoms with E-state index in [1.165, 1.54) is 25.7 Å². The average Bonchev–Trinajstić information content (AvgIpc) is 3.20. The molecule has 1 heterocycles. The highest BCUT2D eigenvalue weighted by Gasteiger charge is 2.35. The van der Waals surface area contributed by atoms with Crippen LogP contribution < -0.4 is 5.73 Å². The summed E-state index contributed by atoms with van der Waals surface area (Å²) in [6, 6.07) is 0. The van der Waals surface area contributed by atoms with Gasteiger partial charge in [0.05, 0.1) is 6.61 Å². The van der Waals surface area contributed by atoms with E-state index in [0.717, 1.165) is 45.3 Å². The van der Waals surface area contributed by atoms with Crippen LogP contribution in [0.5, 0.6) is 0 Å². The number of ether oxygens (including phenoxy) is 1. The van der Waals surface area contributed by atoms with Crippen molar-refractivity contribution in [2.45, 2.75) is 31.2 Å². The Hall–Kier alpha value is -0.160. The monoisotopic (exact) mass is 255 g/mol. The quantitative estimate of drug-likeness (QED) is 0.682. The van der Waals surface area contributed by atoms with Gasteiger partial charge in [0.15, 0.2) is 0 Å². The van der Waals surface area contributed by atoms with Gasteiger partial charge >= 0.3 is 0 Å². The molecule has 106 valence electrons. The molecule has 18 heavy (non-hydrogen) atoms. The molecule has 2 rings (SSSR count). The zero-order valence-corrected chi connectivity index (χ0v) is 12.0. The second-order valence-corrected chi connectivity index (χ2v) is 6.17. The molecule has 0 aromatic heterocycles. The summed E-state index contributed by atoms with van der Waals surface area (Å²) >= 11 is 0. The molecule has 2 aliphatic rings. The van der Waals surface area contributed by atoms with Crippen LogP contribution in [0.25, 0.3) is 0 Å². The van der Waals surface area contributed by atoms with Crippen LogP contribution in [-0.2, 0) is 4.74 Å². The van der Waals surface area contributed by atoms with Crippen molar-refractivity contribution in [1.29, 1.82) is 0 Å². The first-order valence-corrected chi connectivity index (χ1v) is 7.34. The van der Waals surface area contributed by atoms with Crippen molar-refractivity contribution in [3.8, 4) is 0 Å². The van der Waals surface area contributed by atoms with E-state index < -0.39 is 0 Å². The van der Waals surface area contributed by atoms with Gasteiger partial charge in [-0.3, -0.25) is 4.90 Å². The topological polar surface area (TPSA) is 41.7 Å². The van der Waals surface area contributed by atoms with Crippen molar-refractivity contribution < 1.29 is 4.74 Å². The third-order valence-corrected chi connectivity index (χ3v) is 4.73. The fourth-order valence-electron chi connectivity index (χ4n) is 2.75. The summed E-state index contributed by atoms with van der Waals surface area (Å²) < 4.78 is 5.74. The Labute approximate surface area is 111 Å². The number of piperidine rings is 1. The number of nitrogens with two attached hydrogens (primary N) is 1. The third kappa shape index (κ3) is 3.67. The molecule has 0 unspecified atom stereocenters. The lowest BCUT2D eigenvalue weighted by atomic mass is 9.86. The Morgan fingerprint density at radius 1 is 1.33 bits per heavy atom. The predicted octanol–water partition coefficient (Wildman–Crippen LogP) is 0.768. The van der Waals surface area contributed by atoms with Crippen LogP contribution in [0.2, 0.25) is 0 Å². The molecule has 2 N–H and O–H groups in total. The second-order valence-electron chi connectivity index (χ2n) is 6.17. The number of nitrogens with zero attached hydrogens (tertiary/aromatic N) is 2. The molecule has 0 aromatic carbocycles. The van der Waals surface area contributed by atoms with Crippen molar-refractivity contribution in [2.24, 2.45) is 11.7 Å². The molecule has 4 nitrogen and oxygen atoms in total. The number of likely N-dealkylation sites (N-methyl/N-ethyl adjacent to an activating group) is 1. The summed E-state index contributed by atoms with van der Waals surface area (Å²) in [6.45, 7) is 5.90. The van der Waals surface area contributed by atoms with Crippen LogP contribution in [-0.4, -0.2) is 68.8 Å². The molecule has 1 aliphatic heterocycles. The van der Waals surface area contributed by atoms with Gasteiger partial charge in [0.25, 0.3) is 0 Å². The highest BCUT2D eigenvalue weighted by atomic mass is 16.5. The van der Waals surface area contributed by atoms with Gasteiger partial charge in [-0.1, -0.05) is 0 Å². The summed E-state index contributed by atoms with van der Waals surface area (Å²) in [5, 5.41) is 0. The first kappa shape index (κ1) is 14.3. The van der Waals surface area contributed by atoms with Crippen LogP contribution in [0, 0.1) is 5.92 Å². The fraction of sp³-hybridized carbons (Fsp3) is 1.00. The molecule has 1 aliphatic carbocycles. The molecule has 1 saturated heterocycles. The van der Waals surface area contributed by atoms with E-state index >= 15 is 0 Å². The zero-order valence-electron chi connectivity index (χ0n) is 12.0. The van der Waals surface area contributed by atoms with Gasteiger partial charge in [-0.15, -0.1) is 0 Å². The van der Waals surface area contributed by atoms with Gasteiger partial charge in [-0.25, -0.2) is 0 Å². The minimum absolute atomic E-state index is 0.204. The van der Waals surface area contributed by atoms with E-state index in [1.54, 1.807) is 0 Å². The van der Waals surface area contributed by atoms with Crippen LogP contribution in [0.1, 0.15) is 25.7 Å².